The Labute approximate surface area is 77.1 Å². The number of ether oxygens (including phenoxy) is 1. The topological polar surface area (TPSA) is 36.9 Å². The Morgan fingerprint density at radius 2 is 1.82 bits per heavy atom. The second-order valence-electron chi connectivity index (χ2n) is 2.02. The molecule has 0 radical (unpaired) electrons. The fourth-order valence-electron chi connectivity index (χ4n) is 0.707. The molecular weight excluding hydrogens is 206 g/mol. The highest BCUT2D eigenvalue weighted by Crippen LogP contribution is 2.06. The lowest BCUT2D eigenvalue weighted by Crippen LogP contribution is -3.00. The standard InChI is InChI=1S/C8H11NO.BrH/c9-6-7-10-8-4-2-1-3-5-8;/h1-5H,6-7,9H2;1H. The van der Waals surface area contributed by atoms with Gasteiger partial charge in [0, 0.05) is 0 Å². The monoisotopic (exact) mass is 217 g/mol. The Morgan fingerprint density at radius 1 is 1.18 bits per heavy atom. The van der Waals surface area contributed by atoms with E-state index in [-0.39, 0.29) is 17.0 Å². The number of hydrogen-bond donors (Lipinski definition) is 1. The molecule has 1 aromatic rings. The summed E-state index contributed by atoms with van der Waals surface area (Å²) in [5.74, 6) is 0.922. The molecule has 0 saturated heterocycles. The summed E-state index contributed by atoms with van der Waals surface area (Å²) >= 11 is 0. The zero-order chi connectivity index (χ0) is 7.23. The molecule has 3 N–H and O–H groups in total. The molecule has 0 aromatic heterocycles. The molecule has 0 spiro atoms. The van der Waals surface area contributed by atoms with E-state index in [0.717, 1.165) is 12.3 Å². The zero-order valence-corrected chi connectivity index (χ0v) is 7.88. The average molecular weight is 218 g/mol. The third-order valence-electron chi connectivity index (χ3n) is 1.16. The smallest absolute Gasteiger partial charge is 0.137 e. The highest BCUT2D eigenvalue weighted by atomic mass is 79.9. The quantitative estimate of drug-likeness (QED) is 0.589. The van der Waals surface area contributed by atoms with E-state index in [1.807, 2.05) is 30.3 Å². The van der Waals surface area contributed by atoms with Gasteiger partial charge in [-0.25, -0.2) is 0 Å². The van der Waals surface area contributed by atoms with Gasteiger partial charge in [-0.1, -0.05) is 18.2 Å². The first-order chi connectivity index (χ1) is 4.93. The van der Waals surface area contributed by atoms with Crippen molar-refractivity contribution in [3.05, 3.63) is 30.3 Å². The Balaban J connectivity index is 0.000001000. The van der Waals surface area contributed by atoms with Crippen LogP contribution in [0, 0.1) is 0 Å². The largest absolute Gasteiger partial charge is 1.00 e. The molecule has 0 aliphatic rings. The summed E-state index contributed by atoms with van der Waals surface area (Å²) < 4.78 is 5.29. The molecule has 62 valence electrons. The average Bonchev–Trinajstić information content (AvgIpc) is 2.03. The maximum Gasteiger partial charge on any atom is 0.137 e. The summed E-state index contributed by atoms with van der Waals surface area (Å²) in [7, 11) is 0. The van der Waals surface area contributed by atoms with Crippen LogP contribution in [0.3, 0.4) is 0 Å². The molecule has 1 aromatic carbocycles. The minimum absolute atomic E-state index is 0. The summed E-state index contributed by atoms with van der Waals surface area (Å²) in [4.78, 5) is 0. The van der Waals surface area contributed by atoms with Crippen molar-refractivity contribution < 1.29 is 27.5 Å². The summed E-state index contributed by atoms with van der Waals surface area (Å²) in [5, 5.41) is 0. The fraction of sp³-hybridized carbons (Fsp3) is 0.250. The van der Waals surface area contributed by atoms with Crippen LogP contribution in [0.2, 0.25) is 0 Å². The van der Waals surface area contributed by atoms with Gasteiger partial charge in [-0.05, 0) is 12.1 Å². The van der Waals surface area contributed by atoms with Crippen molar-refractivity contribution in [3.8, 4) is 5.75 Å². The molecule has 0 bridgehead atoms. The van der Waals surface area contributed by atoms with E-state index in [1.54, 1.807) is 0 Å². The van der Waals surface area contributed by atoms with Crippen molar-refractivity contribution in [2.24, 2.45) is 0 Å². The number of halogens is 1. The first kappa shape index (κ1) is 10.5. The maximum absolute atomic E-state index is 5.29. The van der Waals surface area contributed by atoms with Crippen LogP contribution in [0.1, 0.15) is 0 Å². The lowest BCUT2D eigenvalue weighted by molar-refractivity contribution is -0.370. The predicted octanol–water partition coefficient (Wildman–Crippen LogP) is -2.69. The van der Waals surface area contributed by atoms with E-state index >= 15 is 0 Å². The summed E-state index contributed by atoms with van der Waals surface area (Å²) in [6.45, 7) is 1.51. The maximum atomic E-state index is 5.29. The van der Waals surface area contributed by atoms with Crippen molar-refractivity contribution in [1.82, 2.24) is 0 Å². The minimum atomic E-state index is 0. The molecule has 0 aliphatic heterocycles. The van der Waals surface area contributed by atoms with Gasteiger partial charge in [0.05, 0.1) is 0 Å². The van der Waals surface area contributed by atoms with Gasteiger partial charge in [-0.15, -0.1) is 0 Å². The second-order valence-corrected chi connectivity index (χ2v) is 2.02. The van der Waals surface area contributed by atoms with Gasteiger partial charge in [0.25, 0.3) is 0 Å². The Morgan fingerprint density at radius 3 is 2.36 bits per heavy atom. The summed E-state index contributed by atoms with van der Waals surface area (Å²) in [6, 6.07) is 9.76. The van der Waals surface area contributed by atoms with Crippen molar-refractivity contribution >= 4 is 0 Å². The Kier molecular flexibility index (Phi) is 5.88. The number of quaternary nitrogens is 1. The molecule has 0 fully saturated rings. The van der Waals surface area contributed by atoms with Crippen molar-refractivity contribution in [3.63, 3.8) is 0 Å². The number of benzene rings is 1. The van der Waals surface area contributed by atoms with E-state index in [1.165, 1.54) is 0 Å². The number of hydrogen-bond acceptors (Lipinski definition) is 1. The molecule has 11 heavy (non-hydrogen) atoms. The van der Waals surface area contributed by atoms with Gasteiger partial charge in [-0.3, -0.25) is 0 Å². The SMILES string of the molecule is [Br-].[NH3+]CCOc1ccccc1. The molecule has 0 saturated carbocycles. The van der Waals surface area contributed by atoms with E-state index in [0.29, 0.717) is 6.61 Å². The van der Waals surface area contributed by atoms with Crippen molar-refractivity contribution in [2.45, 2.75) is 0 Å². The summed E-state index contributed by atoms with van der Waals surface area (Å²) in [5.41, 5.74) is 3.68. The van der Waals surface area contributed by atoms with Gasteiger partial charge in [0.1, 0.15) is 18.9 Å². The lowest BCUT2D eigenvalue weighted by Gasteiger charge is -2.00. The first-order valence-electron chi connectivity index (χ1n) is 3.40. The highest BCUT2D eigenvalue weighted by Gasteiger charge is 1.87. The van der Waals surface area contributed by atoms with E-state index in [9.17, 15) is 0 Å². The fourth-order valence-corrected chi connectivity index (χ4v) is 0.707. The zero-order valence-electron chi connectivity index (χ0n) is 6.29. The van der Waals surface area contributed by atoms with Crippen LogP contribution in [0.4, 0.5) is 0 Å². The van der Waals surface area contributed by atoms with Crippen LogP contribution in [0.5, 0.6) is 5.75 Å². The molecule has 0 unspecified atom stereocenters. The molecule has 2 nitrogen and oxygen atoms in total. The third kappa shape index (κ3) is 4.01. The van der Waals surface area contributed by atoms with Gasteiger partial charge < -0.3 is 27.5 Å². The van der Waals surface area contributed by atoms with Crippen LogP contribution in [0.15, 0.2) is 30.3 Å². The minimum Gasteiger partial charge on any atom is -1.00 e. The molecule has 0 amide bonds. The van der Waals surface area contributed by atoms with Crippen molar-refractivity contribution in [1.29, 1.82) is 0 Å². The van der Waals surface area contributed by atoms with Crippen molar-refractivity contribution in [2.75, 3.05) is 13.2 Å². The van der Waals surface area contributed by atoms with Gasteiger partial charge >= 0.3 is 0 Å². The van der Waals surface area contributed by atoms with Gasteiger partial charge in [0.15, 0.2) is 0 Å². The Hall–Kier alpha value is -0.540. The molecular formula is C8H12BrNO. The molecule has 3 heteroatoms. The van der Waals surface area contributed by atoms with Crippen LogP contribution in [0.25, 0.3) is 0 Å². The lowest BCUT2D eigenvalue weighted by atomic mass is 10.3. The van der Waals surface area contributed by atoms with Crippen LogP contribution < -0.4 is 27.5 Å². The van der Waals surface area contributed by atoms with E-state index < -0.39 is 0 Å². The van der Waals surface area contributed by atoms with E-state index in [4.69, 9.17) is 4.74 Å². The predicted molar refractivity (Wildman–Crippen MR) is 39.7 cm³/mol. The second kappa shape index (κ2) is 6.19. The van der Waals surface area contributed by atoms with Gasteiger partial charge in [0.2, 0.25) is 0 Å². The number of rotatable bonds is 3. The van der Waals surface area contributed by atoms with E-state index in [2.05, 4.69) is 5.73 Å². The highest BCUT2D eigenvalue weighted by molar-refractivity contribution is 5.20. The van der Waals surface area contributed by atoms with Crippen LogP contribution >= 0.6 is 0 Å². The first-order valence-corrected chi connectivity index (χ1v) is 3.40. The normalized spacial score (nSPS) is 8.45. The summed E-state index contributed by atoms with van der Waals surface area (Å²) in [6.07, 6.45) is 0. The molecule has 1 rings (SSSR count). The van der Waals surface area contributed by atoms with Crippen LogP contribution in [-0.2, 0) is 0 Å². The molecule has 0 aliphatic carbocycles. The van der Waals surface area contributed by atoms with Crippen LogP contribution in [-0.4, -0.2) is 13.2 Å². The van der Waals surface area contributed by atoms with Gasteiger partial charge in [-0.2, -0.15) is 0 Å². The molecule has 0 heterocycles. The Bertz CT molecular complexity index is 179. The number of para-hydroxylation sites is 1. The molecule has 0 atom stereocenters. The third-order valence-corrected chi connectivity index (χ3v) is 1.16.